The Hall–Kier alpha value is -2.85. The van der Waals surface area contributed by atoms with Crippen molar-refractivity contribution in [1.82, 2.24) is 10.2 Å². The average Bonchev–Trinajstić information content (AvgIpc) is 2.78. The molecule has 1 saturated heterocycles. The van der Waals surface area contributed by atoms with Crippen LogP contribution in [-0.2, 0) is 6.54 Å². The van der Waals surface area contributed by atoms with Gasteiger partial charge in [-0.15, -0.1) is 0 Å². The van der Waals surface area contributed by atoms with Gasteiger partial charge in [0.05, 0.1) is 0 Å². The molecule has 3 aromatic carbocycles. The minimum Gasteiger partial charge on any atom is -0.385 e. The Morgan fingerprint density at radius 1 is 1.03 bits per heavy atom. The van der Waals surface area contributed by atoms with Gasteiger partial charge in [0, 0.05) is 24.3 Å². The summed E-state index contributed by atoms with van der Waals surface area (Å²) < 4.78 is 0. The van der Waals surface area contributed by atoms with Crippen LogP contribution >= 0.6 is 0 Å². The fraction of sp³-hybridized carbons (Fsp3) is 0.346. The first-order chi connectivity index (χ1) is 14.6. The fourth-order valence-electron chi connectivity index (χ4n) is 4.22. The summed E-state index contributed by atoms with van der Waals surface area (Å²) in [6.45, 7) is 5.82. The summed E-state index contributed by atoms with van der Waals surface area (Å²) in [4.78, 5) is 15.3. The Balaban J connectivity index is 1.40. The van der Waals surface area contributed by atoms with E-state index in [1.807, 2.05) is 37.3 Å². The van der Waals surface area contributed by atoms with Crippen molar-refractivity contribution in [3.8, 4) is 0 Å². The van der Waals surface area contributed by atoms with E-state index < -0.39 is 0 Å². The Morgan fingerprint density at radius 3 is 2.63 bits per heavy atom. The molecule has 2 N–H and O–H groups in total. The Labute approximate surface area is 179 Å². The summed E-state index contributed by atoms with van der Waals surface area (Å²) >= 11 is 0. The zero-order chi connectivity index (χ0) is 20.9. The summed E-state index contributed by atoms with van der Waals surface area (Å²) in [6, 6.07) is 20.6. The van der Waals surface area contributed by atoms with Crippen molar-refractivity contribution in [2.45, 2.75) is 26.3 Å². The van der Waals surface area contributed by atoms with Crippen molar-refractivity contribution in [2.24, 2.45) is 5.92 Å². The normalized spacial score (nSPS) is 15.3. The van der Waals surface area contributed by atoms with E-state index in [4.69, 9.17) is 0 Å². The molecular formula is C26H31N3O. The van der Waals surface area contributed by atoms with Crippen LogP contribution in [0.1, 0.15) is 34.3 Å². The smallest absolute Gasteiger partial charge is 0.251 e. The van der Waals surface area contributed by atoms with Crippen molar-refractivity contribution in [3.63, 3.8) is 0 Å². The number of aryl methyl sites for hydroxylation is 1. The van der Waals surface area contributed by atoms with Gasteiger partial charge >= 0.3 is 0 Å². The highest BCUT2D eigenvalue weighted by Gasteiger charge is 2.17. The van der Waals surface area contributed by atoms with Gasteiger partial charge < -0.3 is 15.5 Å². The van der Waals surface area contributed by atoms with E-state index in [0.29, 0.717) is 12.5 Å². The number of carbonyl (C=O) groups is 1. The Kier molecular flexibility index (Phi) is 6.34. The van der Waals surface area contributed by atoms with Gasteiger partial charge in [-0.2, -0.15) is 0 Å². The van der Waals surface area contributed by atoms with E-state index in [2.05, 4.69) is 52.9 Å². The molecule has 0 bridgehead atoms. The topological polar surface area (TPSA) is 44.4 Å². The summed E-state index contributed by atoms with van der Waals surface area (Å²) in [5.74, 6) is 0.675. The van der Waals surface area contributed by atoms with Gasteiger partial charge in [0.15, 0.2) is 0 Å². The number of hydrogen-bond acceptors (Lipinski definition) is 3. The molecule has 0 unspecified atom stereocenters. The molecule has 0 aliphatic carbocycles. The predicted octanol–water partition coefficient (Wildman–Crippen LogP) is 4.83. The van der Waals surface area contributed by atoms with Crippen LogP contribution in [-0.4, -0.2) is 37.5 Å². The maximum absolute atomic E-state index is 12.9. The molecule has 4 heteroatoms. The molecule has 0 radical (unpaired) electrons. The monoisotopic (exact) mass is 401 g/mol. The molecule has 1 heterocycles. The fourth-order valence-corrected chi connectivity index (χ4v) is 4.22. The number of likely N-dealkylation sites (tertiary alicyclic amines) is 1. The summed E-state index contributed by atoms with van der Waals surface area (Å²) in [6.07, 6.45) is 2.46. The van der Waals surface area contributed by atoms with Crippen LogP contribution < -0.4 is 10.6 Å². The van der Waals surface area contributed by atoms with Gasteiger partial charge in [0.1, 0.15) is 0 Å². The molecular weight excluding hydrogens is 370 g/mol. The summed E-state index contributed by atoms with van der Waals surface area (Å²) in [7, 11) is 2.19. The minimum absolute atomic E-state index is 0.0247. The number of rotatable bonds is 6. The number of nitrogens with one attached hydrogen (secondary N) is 2. The molecule has 1 fully saturated rings. The van der Waals surface area contributed by atoms with E-state index >= 15 is 0 Å². The second-order valence-corrected chi connectivity index (χ2v) is 8.48. The third kappa shape index (κ3) is 4.82. The van der Waals surface area contributed by atoms with Crippen LogP contribution in [0.5, 0.6) is 0 Å². The van der Waals surface area contributed by atoms with Gasteiger partial charge in [-0.25, -0.2) is 0 Å². The maximum atomic E-state index is 12.9. The van der Waals surface area contributed by atoms with Crippen molar-refractivity contribution in [3.05, 3.63) is 77.4 Å². The molecule has 1 amide bonds. The number of carbonyl (C=O) groups excluding carboxylic acids is 1. The standard InChI is InChI=1S/C26H31N3O/c1-19-10-11-23(27-17-20-12-14-29(2)15-13-20)16-25(19)26(30)28-18-22-8-5-7-21-6-3-4-9-24(21)22/h3-11,16,20,27H,12-15,17-18H2,1-2H3,(H,28,30). The SMILES string of the molecule is Cc1ccc(NCC2CCN(C)CC2)cc1C(=O)NCc1cccc2ccccc12. The van der Waals surface area contributed by atoms with Gasteiger partial charge in [-0.3, -0.25) is 4.79 Å². The van der Waals surface area contributed by atoms with Crippen molar-refractivity contribution < 1.29 is 4.79 Å². The lowest BCUT2D eigenvalue weighted by Crippen LogP contribution is -2.33. The van der Waals surface area contributed by atoms with Crippen LogP contribution in [0.25, 0.3) is 10.8 Å². The number of fused-ring (bicyclic) bond motifs is 1. The second kappa shape index (κ2) is 9.31. The molecule has 0 atom stereocenters. The average molecular weight is 402 g/mol. The lowest BCUT2D eigenvalue weighted by Gasteiger charge is -2.29. The molecule has 1 aliphatic rings. The van der Waals surface area contributed by atoms with Gasteiger partial charge in [0.2, 0.25) is 0 Å². The number of nitrogens with zero attached hydrogens (tertiary/aromatic N) is 1. The van der Waals surface area contributed by atoms with Crippen LogP contribution in [0.15, 0.2) is 60.7 Å². The van der Waals surface area contributed by atoms with Crippen LogP contribution in [0.3, 0.4) is 0 Å². The molecule has 0 saturated carbocycles. The highest BCUT2D eigenvalue weighted by atomic mass is 16.1. The molecule has 4 nitrogen and oxygen atoms in total. The number of anilines is 1. The first-order valence-electron chi connectivity index (χ1n) is 10.9. The van der Waals surface area contributed by atoms with E-state index in [-0.39, 0.29) is 5.91 Å². The molecule has 1 aliphatic heterocycles. The maximum Gasteiger partial charge on any atom is 0.251 e. The zero-order valence-corrected chi connectivity index (χ0v) is 17.9. The molecule has 3 aromatic rings. The van der Waals surface area contributed by atoms with E-state index in [0.717, 1.165) is 28.9 Å². The van der Waals surface area contributed by atoms with Crippen molar-refractivity contribution in [1.29, 1.82) is 0 Å². The zero-order valence-electron chi connectivity index (χ0n) is 17.9. The lowest BCUT2D eigenvalue weighted by atomic mass is 9.97. The molecule has 30 heavy (non-hydrogen) atoms. The Morgan fingerprint density at radius 2 is 1.80 bits per heavy atom. The molecule has 0 spiro atoms. The van der Waals surface area contributed by atoms with Crippen molar-refractivity contribution >= 4 is 22.4 Å². The second-order valence-electron chi connectivity index (χ2n) is 8.48. The van der Waals surface area contributed by atoms with Crippen LogP contribution in [0, 0.1) is 12.8 Å². The first-order valence-corrected chi connectivity index (χ1v) is 10.9. The molecule has 0 aromatic heterocycles. The number of amides is 1. The van der Waals surface area contributed by atoms with E-state index in [1.54, 1.807) is 0 Å². The third-order valence-corrected chi connectivity index (χ3v) is 6.23. The third-order valence-electron chi connectivity index (χ3n) is 6.23. The minimum atomic E-state index is -0.0247. The number of hydrogen-bond donors (Lipinski definition) is 2. The van der Waals surface area contributed by atoms with Crippen LogP contribution in [0.2, 0.25) is 0 Å². The molecule has 156 valence electrons. The summed E-state index contributed by atoms with van der Waals surface area (Å²) in [5.41, 5.74) is 3.89. The predicted molar refractivity (Wildman–Crippen MR) is 125 cm³/mol. The number of piperidine rings is 1. The van der Waals surface area contributed by atoms with E-state index in [9.17, 15) is 4.79 Å². The number of benzene rings is 3. The highest BCUT2D eigenvalue weighted by molar-refractivity contribution is 5.97. The van der Waals surface area contributed by atoms with Crippen LogP contribution in [0.4, 0.5) is 5.69 Å². The summed E-state index contributed by atoms with van der Waals surface area (Å²) in [5, 5.41) is 9.05. The van der Waals surface area contributed by atoms with Gasteiger partial charge in [0.25, 0.3) is 5.91 Å². The van der Waals surface area contributed by atoms with Gasteiger partial charge in [-0.05, 0) is 79.9 Å². The van der Waals surface area contributed by atoms with Crippen molar-refractivity contribution in [2.75, 3.05) is 32.0 Å². The lowest BCUT2D eigenvalue weighted by molar-refractivity contribution is 0.0950. The van der Waals surface area contributed by atoms with Gasteiger partial charge in [-0.1, -0.05) is 48.5 Å². The quantitative estimate of drug-likeness (QED) is 0.622. The highest BCUT2D eigenvalue weighted by Crippen LogP contribution is 2.21. The first kappa shape index (κ1) is 20.4. The molecule has 4 rings (SSSR count). The Bertz CT molecular complexity index is 1020. The largest absolute Gasteiger partial charge is 0.385 e. The van der Waals surface area contributed by atoms with E-state index in [1.165, 1.54) is 36.7 Å².